The molecule has 0 aromatic carbocycles. The van der Waals surface area contributed by atoms with Gasteiger partial charge in [0.25, 0.3) is 0 Å². The van der Waals surface area contributed by atoms with Crippen LogP contribution in [0.15, 0.2) is 0 Å². The van der Waals surface area contributed by atoms with E-state index in [1.165, 1.54) is 0 Å². The Bertz CT molecular complexity index is 323. The third-order valence-electron chi connectivity index (χ3n) is 3.68. The maximum atomic E-state index is 5.96. The Morgan fingerprint density at radius 2 is 1.29 bits per heavy atom. The van der Waals surface area contributed by atoms with Crippen molar-refractivity contribution >= 4 is 36.0 Å². The maximum absolute atomic E-state index is 5.96. The molecule has 0 radical (unpaired) electrons. The molecule has 0 saturated carbocycles. The molecule has 0 saturated heterocycles. The quantitative estimate of drug-likeness (QED) is 0.517. The van der Waals surface area contributed by atoms with E-state index in [1.807, 2.05) is 0 Å². The lowest BCUT2D eigenvalue weighted by atomic mass is 10.6. The summed E-state index contributed by atoms with van der Waals surface area (Å²) < 4.78 is 4.66. The normalized spacial score (nSPS) is 16.8. The first-order valence-electron chi connectivity index (χ1n) is 6.34. The Morgan fingerprint density at radius 3 is 1.53 bits per heavy atom. The molecule has 0 aliphatic rings. The summed E-state index contributed by atoms with van der Waals surface area (Å²) in [6.07, 6.45) is 0.321. The van der Waals surface area contributed by atoms with E-state index in [4.69, 9.17) is 23.6 Å². The fraction of sp³-hybridized carbons (Fsp3) is 1.00. The standard InChI is InChI=1S/C11H28N2P2S2/c1-8-14(16,9-2)12(6)13(7)15(17,10-3)11(4)5/h11H,8-10H2,1-7H3. The molecule has 0 aliphatic carbocycles. The van der Waals surface area contributed by atoms with Crippen LogP contribution in [0.3, 0.4) is 0 Å². The minimum atomic E-state index is -1.49. The average Bonchev–Trinajstić information content (AvgIpc) is 2.34. The number of hydrazine groups is 1. The highest BCUT2D eigenvalue weighted by atomic mass is 32.4. The lowest BCUT2D eigenvalue weighted by molar-refractivity contribution is 0.259. The summed E-state index contributed by atoms with van der Waals surface area (Å²) in [5.41, 5.74) is 0.548. The highest BCUT2D eigenvalue weighted by Gasteiger charge is 2.32. The first-order valence-corrected chi connectivity index (χ1v) is 12.5. The van der Waals surface area contributed by atoms with Gasteiger partial charge in [-0.2, -0.15) is 0 Å². The van der Waals surface area contributed by atoms with Crippen molar-refractivity contribution in [1.29, 1.82) is 0 Å². The topological polar surface area (TPSA) is 6.48 Å². The Kier molecular flexibility index (Phi) is 7.63. The van der Waals surface area contributed by atoms with E-state index in [9.17, 15) is 0 Å². The van der Waals surface area contributed by atoms with Crippen LogP contribution in [-0.4, -0.2) is 47.8 Å². The van der Waals surface area contributed by atoms with Crippen LogP contribution < -0.4 is 0 Å². The summed E-state index contributed by atoms with van der Waals surface area (Å²) in [7, 11) is 4.30. The van der Waals surface area contributed by atoms with E-state index >= 15 is 0 Å². The smallest absolute Gasteiger partial charge is 0.0312 e. The van der Waals surface area contributed by atoms with Crippen molar-refractivity contribution in [2.75, 3.05) is 32.6 Å². The Labute approximate surface area is 118 Å². The summed E-state index contributed by atoms with van der Waals surface area (Å²) in [6.45, 7) is 11.1. The van der Waals surface area contributed by atoms with Gasteiger partial charge in [0.1, 0.15) is 0 Å². The fourth-order valence-corrected chi connectivity index (χ4v) is 7.85. The summed E-state index contributed by atoms with van der Waals surface area (Å²) in [5, 5.41) is 0. The van der Waals surface area contributed by atoms with Gasteiger partial charge in [0.2, 0.25) is 0 Å². The third kappa shape index (κ3) is 3.84. The first kappa shape index (κ1) is 18.2. The molecule has 0 N–H and O–H groups in total. The second-order valence-corrected chi connectivity index (χ2v) is 15.9. The lowest BCUT2D eigenvalue weighted by Gasteiger charge is -2.45. The Balaban J connectivity index is 5.24. The zero-order chi connectivity index (χ0) is 13.9. The average molecular weight is 314 g/mol. The van der Waals surface area contributed by atoms with Crippen LogP contribution in [0.2, 0.25) is 0 Å². The van der Waals surface area contributed by atoms with Gasteiger partial charge >= 0.3 is 0 Å². The molecule has 0 amide bonds. The van der Waals surface area contributed by atoms with Crippen LogP contribution in [0.4, 0.5) is 0 Å². The van der Waals surface area contributed by atoms with Crippen molar-refractivity contribution in [3.05, 3.63) is 0 Å². The van der Waals surface area contributed by atoms with Crippen LogP contribution in [0.1, 0.15) is 34.6 Å². The molecule has 0 aliphatic heterocycles. The molecule has 0 heterocycles. The Hall–Kier alpha value is 1.22. The van der Waals surface area contributed by atoms with Gasteiger partial charge in [-0.15, -0.1) is 0 Å². The molecule has 2 nitrogen and oxygen atoms in total. The summed E-state index contributed by atoms with van der Waals surface area (Å²) in [4.78, 5) is 0. The number of hydrogen-bond donors (Lipinski definition) is 0. The monoisotopic (exact) mass is 314 g/mol. The van der Waals surface area contributed by atoms with Gasteiger partial charge in [0.15, 0.2) is 0 Å². The van der Waals surface area contributed by atoms with Crippen LogP contribution in [-0.2, 0) is 23.6 Å². The molecule has 104 valence electrons. The van der Waals surface area contributed by atoms with Crippen molar-refractivity contribution in [2.24, 2.45) is 0 Å². The number of hydrogen-bond acceptors (Lipinski definition) is 2. The van der Waals surface area contributed by atoms with Gasteiger partial charge in [-0.3, -0.25) is 0 Å². The predicted molar refractivity (Wildman–Crippen MR) is 90.9 cm³/mol. The molecule has 1 unspecified atom stereocenters. The van der Waals surface area contributed by atoms with E-state index in [1.54, 1.807) is 0 Å². The molecule has 0 rings (SSSR count). The zero-order valence-electron chi connectivity index (χ0n) is 12.3. The van der Waals surface area contributed by atoms with Crippen molar-refractivity contribution in [1.82, 2.24) is 9.56 Å². The predicted octanol–water partition coefficient (Wildman–Crippen LogP) is 4.02. The summed E-state index contributed by atoms with van der Waals surface area (Å²) in [6, 6.07) is 0. The molecule has 6 heteroatoms. The molecule has 1 atom stereocenters. The molecule has 0 fully saturated rings. The van der Waals surface area contributed by atoms with E-state index in [-0.39, 0.29) is 0 Å². The third-order valence-corrected chi connectivity index (χ3v) is 15.9. The van der Waals surface area contributed by atoms with Gasteiger partial charge in [-0.05, 0) is 24.1 Å². The van der Waals surface area contributed by atoms with E-state index in [0.717, 1.165) is 18.5 Å². The largest absolute Gasteiger partial charge is 0.210 e. The maximum Gasteiger partial charge on any atom is 0.0312 e. The summed E-state index contributed by atoms with van der Waals surface area (Å²) >= 11 is 11.8. The molecular weight excluding hydrogens is 286 g/mol. The molecule has 0 spiro atoms. The van der Waals surface area contributed by atoms with Crippen molar-refractivity contribution in [3.63, 3.8) is 0 Å². The lowest BCUT2D eigenvalue weighted by Crippen LogP contribution is -2.35. The molecule has 0 aromatic rings. The zero-order valence-corrected chi connectivity index (χ0v) is 15.7. The fourth-order valence-electron chi connectivity index (χ4n) is 1.99. The van der Waals surface area contributed by atoms with Gasteiger partial charge in [-0.25, -0.2) is 9.56 Å². The van der Waals surface area contributed by atoms with Crippen molar-refractivity contribution < 1.29 is 0 Å². The highest BCUT2D eigenvalue weighted by Crippen LogP contribution is 2.60. The number of nitrogens with zero attached hydrogens (tertiary/aromatic N) is 2. The van der Waals surface area contributed by atoms with Crippen LogP contribution in [0.25, 0.3) is 0 Å². The highest BCUT2D eigenvalue weighted by molar-refractivity contribution is 8.15. The minimum Gasteiger partial charge on any atom is -0.210 e. The van der Waals surface area contributed by atoms with Crippen LogP contribution in [0, 0.1) is 0 Å². The molecule has 0 aromatic heterocycles. The second-order valence-electron chi connectivity index (χ2n) is 4.62. The first-order chi connectivity index (χ1) is 7.69. The van der Waals surface area contributed by atoms with Crippen LogP contribution >= 0.6 is 12.4 Å². The molecule has 0 bridgehead atoms. The second kappa shape index (κ2) is 7.12. The minimum absolute atomic E-state index is 0.548. The number of rotatable bonds is 7. The van der Waals surface area contributed by atoms with Gasteiger partial charge < -0.3 is 0 Å². The van der Waals surface area contributed by atoms with Crippen molar-refractivity contribution in [2.45, 2.75) is 40.3 Å². The van der Waals surface area contributed by atoms with Gasteiger partial charge in [0, 0.05) is 26.5 Å². The van der Waals surface area contributed by atoms with E-state index in [2.05, 4.69) is 58.3 Å². The summed E-state index contributed by atoms with van der Waals surface area (Å²) in [5.74, 6) is 0. The SMILES string of the molecule is CCP(=S)(CC)N(C)N(C)P(=S)(CC)C(C)C. The van der Waals surface area contributed by atoms with Crippen LogP contribution in [0.5, 0.6) is 0 Å². The molecule has 17 heavy (non-hydrogen) atoms. The van der Waals surface area contributed by atoms with Gasteiger partial charge in [0.05, 0.1) is 0 Å². The van der Waals surface area contributed by atoms with Gasteiger partial charge in [-0.1, -0.05) is 58.2 Å². The Morgan fingerprint density at radius 1 is 0.882 bits per heavy atom. The van der Waals surface area contributed by atoms with E-state index < -0.39 is 12.4 Å². The van der Waals surface area contributed by atoms with Crippen molar-refractivity contribution in [3.8, 4) is 0 Å². The molecular formula is C11H28N2P2S2. The van der Waals surface area contributed by atoms with E-state index in [0.29, 0.717) is 5.66 Å².